The summed E-state index contributed by atoms with van der Waals surface area (Å²) in [6.45, 7) is 4.07. The molecule has 1 atom stereocenters. The molecular formula is C25H30N2O4. The molecule has 0 aromatic heterocycles. The number of carbonyl (C=O) groups excluding carboxylic acids is 3. The Kier molecular flexibility index (Phi) is 7.82. The van der Waals surface area contributed by atoms with Gasteiger partial charge in [0.15, 0.2) is 6.61 Å². The summed E-state index contributed by atoms with van der Waals surface area (Å²) in [5.41, 5.74) is 3.76. The second-order valence-electron chi connectivity index (χ2n) is 7.84. The standard InChI is InChI=1S/C25H30N2O4/c1-3-5-8-18-11-13-21(14-12-18)27-16-20(15-24(27)29)25(30)31-17-23(28)26-22-10-7-6-9-19(22)4-2/h6-7,9-14,20H,3-5,8,15-17H2,1-2H3,(H,26,28)/t20-/m1/s1. The first kappa shape index (κ1) is 22.5. The molecule has 31 heavy (non-hydrogen) atoms. The number of nitrogens with zero attached hydrogens (tertiary/aromatic N) is 1. The minimum Gasteiger partial charge on any atom is -0.455 e. The normalized spacial score (nSPS) is 15.7. The quantitative estimate of drug-likeness (QED) is 0.617. The van der Waals surface area contributed by atoms with Crippen molar-refractivity contribution in [1.82, 2.24) is 0 Å². The molecular weight excluding hydrogens is 392 g/mol. The molecule has 1 fully saturated rings. The number of anilines is 2. The number of esters is 1. The molecule has 1 heterocycles. The van der Waals surface area contributed by atoms with Crippen LogP contribution in [0.2, 0.25) is 0 Å². The Balaban J connectivity index is 1.51. The third kappa shape index (κ3) is 5.94. The number of para-hydroxylation sites is 1. The minimum absolute atomic E-state index is 0.0940. The lowest BCUT2D eigenvalue weighted by atomic mass is 10.1. The van der Waals surface area contributed by atoms with Crippen molar-refractivity contribution < 1.29 is 19.1 Å². The fourth-order valence-corrected chi connectivity index (χ4v) is 3.73. The summed E-state index contributed by atoms with van der Waals surface area (Å²) >= 11 is 0. The van der Waals surface area contributed by atoms with Gasteiger partial charge in [0, 0.05) is 24.3 Å². The first-order chi connectivity index (χ1) is 15.0. The number of aryl methyl sites for hydroxylation is 2. The number of amides is 2. The van der Waals surface area contributed by atoms with E-state index in [1.165, 1.54) is 5.56 Å². The van der Waals surface area contributed by atoms with Crippen molar-refractivity contribution in [3.63, 3.8) is 0 Å². The van der Waals surface area contributed by atoms with Crippen molar-refractivity contribution in [2.45, 2.75) is 46.0 Å². The minimum atomic E-state index is -0.567. The average molecular weight is 423 g/mol. The molecule has 1 aliphatic rings. The van der Waals surface area contributed by atoms with Gasteiger partial charge < -0.3 is 15.0 Å². The molecule has 2 amide bonds. The highest BCUT2D eigenvalue weighted by Crippen LogP contribution is 2.26. The first-order valence-electron chi connectivity index (χ1n) is 11.0. The van der Waals surface area contributed by atoms with E-state index in [0.29, 0.717) is 0 Å². The van der Waals surface area contributed by atoms with Crippen LogP contribution in [0.25, 0.3) is 0 Å². The topological polar surface area (TPSA) is 75.7 Å². The highest BCUT2D eigenvalue weighted by molar-refractivity contribution is 6.00. The van der Waals surface area contributed by atoms with Crippen LogP contribution in [0.4, 0.5) is 11.4 Å². The van der Waals surface area contributed by atoms with Crippen molar-refractivity contribution in [2.75, 3.05) is 23.4 Å². The molecule has 0 radical (unpaired) electrons. The summed E-state index contributed by atoms with van der Waals surface area (Å²) in [5.74, 6) is -1.58. The van der Waals surface area contributed by atoms with E-state index in [-0.39, 0.29) is 25.5 Å². The SMILES string of the molecule is CCCCc1ccc(N2C[C@H](C(=O)OCC(=O)Nc3ccccc3CC)CC2=O)cc1. The van der Waals surface area contributed by atoms with E-state index in [9.17, 15) is 14.4 Å². The van der Waals surface area contributed by atoms with E-state index in [1.807, 2.05) is 55.5 Å². The van der Waals surface area contributed by atoms with Gasteiger partial charge in [-0.3, -0.25) is 14.4 Å². The summed E-state index contributed by atoms with van der Waals surface area (Å²) in [7, 11) is 0. The summed E-state index contributed by atoms with van der Waals surface area (Å²) < 4.78 is 5.20. The highest BCUT2D eigenvalue weighted by atomic mass is 16.5. The third-order valence-corrected chi connectivity index (χ3v) is 5.54. The number of hydrogen-bond acceptors (Lipinski definition) is 4. The van der Waals surface area contributed by atoms with Crippen LogP contribution in [0, 0.1) is 5.92 Å². The molecule has 0 bridgehead atoms. The van der Waals surface area contributed by atoms with Crippen LogP contribution in [0.5, 0.6) is 0 Å². The van der Waals surface area contributed by atoms with Gasteiger partial charge in [0.2, 0.25) is 5.91 Å². The van der Waals surface area contributed by atoms with Crippen molar-refractivity contribution in [3.05, 3.63) is 59.7 Å². The first-order valence-corrected chi connectivity index (χ1v) is 11.0. The van der Waals surface area contributed by atoms with Crippen molar-refractivity contribution >= 4 is 29.2 Å². The lowest BCUT2D eigenvalue weighted by Gasteiger charge is -2.17. The monoisotopic (exact) mass is 422 g/mol. The zero-order valence-corrected chi connectivity index (χ0v) is 18.2. The molecule has 0 spiro atoms. The molecule has 2 aromatic carbocycles. The van der Waals surface area contributed by atoms with Crippen molar-refractivity contribution in [3.8, 4) is 0 Å². The number of carbonyl (C=O) groups is 3. The van der Waals surface area contributed by atoms with E-state index in [4.69, 9.17) is 4.74 Å². The number of benzene rings is 2. The van der Waals surface area contributed by atoms with Crippen LogP contribution < -0.4 is 10.2 Å². The molecule has 1 N–H and O–H groups in total. The summed E-state index contributed by atoms with van der Waals surface area (Å²) in [4.78, 5) is 38.7. The van der Waals surface area contributed by atoms with Gasteiger partial charge in [-0.25, -0.2) is 0 Å². The van der Waals surface area contributed by atoms with Crippen LogP contribution in [0.15, 0.2) is 48.5 Å². The number of rotatable bonds is 9. The Hall–Kier alpha value is -3.15. The lowest BCUT2D eigenvalue weighted by molar-refractivity contribution is -0.151. The molecule has 1 aliphatic heterocycles. The maximum Gasteiger partial charge on any atom is 0.311 e. The van der Waals surface area contributed by atoms with Crippen LogP contribution >= 0.6 is 0 Å². The van der Waals surface area contributed by atoms with E-state index >= 15 is 0 Å². The van der Waals surface area contributed by atoms with E-state index in [2.05, 4.69) is 12.2 Å². The molecule has 2 aromatic rings. The second kappa shape index (κ2) is 10.8. The number of ether oxygens (including phenoxy) is 1. The molecule has 164 valence electrons. The van der Waals surface area contributed by atoms with Gasteiger partial charge >= 0.3 is 5.97 Å². The summed E-state index contributed by atoms with van der Waals surface area (Å²) in [5, 5.41) is 2.78. The van der Waals surface area contributed by atoms with E-state index < -0.39 is 17.8 Å². The van der Waals surface area contributed by atoms with E-state index in [0.717, 1.165) is 42.6 Å². The fraction of sp³-hybridized carbons (Fsp3) is 0.400. The maximum absolute atomic E-state index is 12.4. The van der Waals surface area contributed by atoms with Gasteiger partial charge in [0.1, 0.15) is 0 Å². The van der Waals surface area contributed by atoms with Gasteiger partial charge in [-0.2, -0.15) is 0 Å². The zero-order chi connectivity index (χ0) is 22.2. The number of unbranched alkanes of at least 4 members (excludes halogenated alkanes) is 1. The molecule has 6 heteroatoms. The van der Waals surface area contributed by atoms with Gasteiger partial charge in [0.05, 0.1) is 5.92 Å². The molecule has 0 unspecified atom stereocenters. The van der Waals surface area contributed by atoms with Gasteiger partial charge in [-0.1, -0.05) is 50.6 Å². The number of hydrogen-bond donors (Lipinski definition) is 1. The predicted octanol–water partition coefficient (Wildman–Crippen LogP) is 4.13. The second-order valence-corrected chi connectivity index (χ2v) is 7.84. The largest absolute Gasteiger partial charge is 0.455 e. The summed E-state index contributed by atoms with van der Waals surface area (Å²) in [6, 6.07) is 15.4. The molecule has 0 aliphatic carbocycles. The van der Waals surface area contributed by atoms with Crippen LogP contribution in [0.1, 0.15) is 44.2 Å². The molecule has 6 nitrogen and oxygen atoms in total. The lowest BCUT2D eigenvalue weighted by Crippen LogP contribution is -2.28. The van der Waals surface area contributed by atoms with Gasteiger partial charge in [0.25, 0.3) is 5.91 Å². The number of nitrogens with one attached hydrogen (secondary N) is 1. The summed E-state index contributed by atoms with van der Waals surface area (Å²) in [6.07, 6.45) is 4.17. The fourth-order valence-electron chi connectivity index (χ4n) is 3.73. The Labute approximate surface area is 183 Å². The van der Waals surface area contributed by atoms with Crippen LogP contribution in [-0.2, 0) is 32.0 Å². The molecule has 3 rings (SSSR count). The maximum atomic E-state index is 12.4. The van der Waals surface area contributed by atoms with Crippen molar-refractivity contribution in [2.24, 2.45) is 5.92 Å². The molecule has 1 saturated heterocycles. The molecule has 0 saturated carbocycles. The predicted molar refractivity (Wildman–Crippen MR) is 121 cm³/mol. The zero-order valence-electron chi connectivity index (χ0n) is 18.2. The van der Waals surface area contributed by atoms with E-state index in [1.54, 1.807) is 4.90 Å². The van der Waals surface area contributed by atoms with Crippen LogP contribution in [0.3, 0.4) is 0 Å². The highest BCUT2D eigenvalue weighted by Gasteiger charge is 2.36. The Morgan fingerprint density at radius 1 is 1.10 bits per heavy atom. The van der Waals surface area contributed by atoms with Crippen molar-refractivity contribution in [1.29, 1.82) is 0 Å². The average Bonchev–Trinajstić information content (AvgIpc) is 3.18. The van der Waals surface area contributed by atoms with Gasteiger partial charge in [-0.05, 0) is 48.6 Å². The smallest absolute Gasteiger partial charge is 0.311 e. The Morgan fingerprint density at radius 3 is 2.55 bits per heavy atom. The Morgan fingerprint density at radius 2 is 1.84 bits per heavy atom. The van der Waals surface area contributed by atoms with Crippen LogP contribution in [-0.4, -0.2) is 30.9 Å². The van der Waals surface area contributed by atoms with Gasteiger partial charge in [-0.15, -0.1) is 0 Å². The Bertz CT molecular complexity index is 923. The third-order valence-electron chi connectivity index (χ3n) is 5.54.